The smallest absolute Gasteiger partial charge is 0.253 e. The van der Waals surface area contributed by atoms with E-state index in [0.717, 1.165) is 16.1 Å². The number of nitrogens with zero attached hydrogens (tertiary/aromatic N) is 1. The standard InChI is InChI=1S/C18H21ClN2O4S/c1-4-25-17-8-6-5-7-13(17)12-20-18(22)15-10-9-14(11-16(15)19)21(2)26(3,23)24/h5-11H,4,12H2,1-3H3,(H,20,22). The van der Waals surface area contributed by atoms with Crippen molar-refractivity contribution in [3.8, 4) is 5.75 Å². The van der Waals surface area contributed by atoms with Gasteiger partial charge in [0, 0.05) is 19.2 Å². The van der Waals surface area contributed by atoms with E-state index in [2.05, 4.69) is 5.32 Å². The lowest BCUT2D eigenvalue weighted by Gasteiger charge is -2.17. The van der Waals surface area contributed by atoms with E-state index in [9.17, 15) is 13.2 Å². The van der Waals surface area contributed by atoms with Gasteiger partial charge < -0.3 is 10.1 Å². The molecule has 0 spiro atoms. The fourth-order valence-corrected chi connectivity index (χ4v) is 3.05. The summed E-state index contributed by atoms with van der Waals surface area (Å²) >= 11 is 6.17. The highest BCUT2D eigenvalue weighted by molar-refractivity contribution is 7.92. The number of amides is 1. The Balaban J connectivity index is 2.13. The van der Waals surface area contributed by atoms with Gasteiger partial charge >= 0.3 is 0 Å². The third kappa shape index (κ3) is 4.89. The topological polar surface area (TPSA) is 75.7 Å². The minimum atomic E-state index is -3.40. The molecule has 0 aliphatic rings. The lowest BCUT2D eigenvalue weighted by atomic mass is 10.1. The van der Waals surface area contributed by atoms with Gasteiger partial charge in [-0.2, -0.15) is 0 Å². The minimum Gasteiger partial charge on any atom is -0.494 e. The quantitative estimate of drug-likeness (QED) is 0.780. The van der Waals surface area contributed by atoms with E-state index in [1.54, 1.807) is 0 Å². The second-order valence-electron chi connectivity index (χ2n) is 5.62. The van der Waals surface area contributed by atoms with Crippen LogP contribution in [0, 0.1) is 0 Å². The first-order valence-electron chi connectivity index (χ1n) is 7.96. The van der Waals surface area contributed by atoms with Crippen molar-refractivity contribution in [2.75, 3.05) is 24.2 Å². The average Bonchev–Trinajstić information content (AvgIpc) is 2.59. The van der Waals surface area contributed by atoms with Crippen molar-refractivity contribution >= 4 is 33.2 Å². The number of hydrogen-bond acceptors (Lipinski definition) is 4. The highest BCUT2D eigenvalue weighted by atomic mass is 35.5. The molecule has 26 heavy (non-hydrogen) atoms. The lowest BCUT2D eigenvalue weighted by molar-refractivity contribution is 0.0951. The molecule has 6 nitrogen and oxygen atoms in total. The van der Waals surface area contributed by atoms with Gasteiger partial charge in [0.1, 0.15) is 5.75 Å². The summed E-state index contributed by atoms with van der Waals surface area (Å²) in [6.07, 6.45) is 1.09. The summed E-state index contributed by atoms with van der Waals surface area (Å²) in [6, 6.07) is 11.9. The number of para-hydroxylation sites is 1. The molecular formula is C18H21ClN2O4S. The number of rotatable bonds is 7. The number of carbonyl (C=O) groups excluding carboxylic acids is 1. The number of nitrogens with one attached hydrogen (secondary N) is 1. The van der Waals surface area contributed by atoms with Crippen molar-refractivity contribution in [2.24, 2.45) is 0 Å². The maximum atomic E-state index is 12.4. The second-order valence-corrected chi connectivity index (χ2v) is 8.04. The van der Waals surface area contributed by atoms with Gasteiger partial charge in [-0.15, -0.1) is 0 Å². The molecule has 2 rings (SSSR count). The van der Waals surface area contributed by atoms with E-state index in [-0.39, 0.29) is 23.0 Å². The summed E-state index contributed by atoms with van der Waals surface area (Å²) in [5.74, 6) is 0.362. The molecule has 8 heteroatoms. The van der Waals surface area contributed by atoms with Gasteiger partial charge in [-0.25, -0.2) is 8.42 Å². The molecule has 1 amide bonds. The normalized spacial score (nSPS) is 11.1. The van der Waals surface area contributed by atoms with E-state index in [0.29, 0.717) is 18.0 Å². The van der Waals surface area contributed by atoms with E-state index in [1.165, 1.54) is 25.2 Å². The van der Waals surface area contributed by atoms with Crippen LogP contribution in [-0.2, 0) is 16.6 Å². The molecule has 0 aliphatic heterocycles. The Labute approximate surface area is 158 Å². The SMILES string of the molecule is CCOc1ccccc1CNC(=O)c1ccc(N(C)S(C)(=O)=O)cc1Cl. The van der Waals surface area contributed by atoms with Crippen molar-refractivity contribution in [1.82, 2.24) is 5.32 Å². The van der Waals surface area contributed by atoms with Gasteiger partial charge in [-0.1, -0.05) is 29.8 Å². The van der Waals surface area contributed by atoms with E-state index >= 15 is 0 Å². The van der Waals surface area contributed by atoms with Gasteiger partial charge in [-0.3, -0.25) is 9.10 Å². The number of benzene rings is 2. The Morgan fingerprint density at radius 3 is 2.54 bits per heavy atom. The second kappa shape index (κ2) is 8.42. The van der Waals surface area contributed by atoms with Gasteiger partial charge in [0.2, 0.25) is 10.0 Å². The van der Waals surface area contributed by atoms with Crippen LogP contribution < -0.4 is 14.4 Å². The van der Waals surface area contributed by atoms with E-state index < -0.39 is 10.0 Å². The number of halogens is 1. The molecule has 0 bridgehead atoms. The molecule has 1 N–H and O–H groups in total. The maximum Gasteiger partial charge on any atom is 0.253 e. The predicted octanol–water partition coefficient (Wildman–Crippen LogP) is 3.06. The van der Waals surface area contributed by atoms with Crippen LogP contribution in [0.25, 0.3) is 0 Å². The van der Waals surface area contributed by atoms with Crippen molar-refractivity contribution in [3.05, 3.63) is 58.6 Å². The maximum absolute atomic E-state index is 12.4. The molecule has 0 fully saturated rings. The van der Waals surface area contributed by atoms with Gasteiger partial charge in [0.25, 0.3) is 5.91 Å². The Bertz CT molecular complexity index is 900. The first-order valence-corrected chi connectivity index (χ1v) is 10.2. The van der Waals surface area contributed by atoms with Crippen LogP contribution in [0.15, 0.2) is 42.5 Å². The molecule has 0 aromatic heterocycles. The molecule has 0 heterocycles. The Kier molecular flexibility index (Phi) is 6.50. The fraction of sp³-hybridized carbons (Fsp3) is 0.278. The van der Waals surface area contributed by atoms with E-state index in [4.69, 9.17) is 16.3 Å². The molecule has 0 unspecified atom stereocenters. The van der Waals surface area contributed by atoms with Crippen LogP contribution in [0.4, 0.5) is 5.69 Å². The summed E-state index contributed by atoms with van der Waals surface area (Å²) < 4.78 is 29.8. The van der Waals surface area contributed by atoms with Crippen molar-refractivity contribution in [1.29, 1.82) is 0 Å². The number of ether oxygens (including phenoxy) is 1. The van der Waals surface area contributed by atoms with Crippen LogP contribution in [-0.4, -0.2) is 34.2 Å². The van der Waals surface area contributed by atoms with Gasteiger partial charge in [0.15, 0.2) is 0 Å². The summed E-state index contributed by atoms with van der Waals surface area (Å²) in [6.45, 7) is 2.71. The third-order valence-electron chi connectivity index (χ3n) is 3.77. The highest BCUT2D eigenvalue weighted by Gasteiger charge is 2.16. The molecule has 0 aliphatic carbocycles. The first-order chi connectivity index (χ1) is 12.2. The van der Waals surface area contributed by atoms with Crippen molar-refractivity contribution in [3.63, 3.8) is 0 Å². The Morgan fingerprint density at radius 2 is 1.92 bits per heavy atom. The van der Waals surface area contributed by atoms with Crippen molar-refractivity contribution in [2.45, 2.75) is 13.5 Å². The molecule has 0 radical (unpaired) electrons. The summed E-state index contributed by atoms with van der Waals surface area (Å²) in [7, 11) is -1.98. The van der Waals surface area contributed by atoms with Crippen LogP contribution in [0.2, 0.25) is 5.02 Å². The number of anilines is 1. The first kappa shape index (κ1) is 20.1. The Hall–Kier alpha value is -2.25. The highest BCUT2D eigenvalue weighted by Crippen LogP contribution is 2.25. The molecule has 0 saturated heterocycles. The molecular weight excluding hydrogens is 376 g/mol. The molecule has 0 atom stereocenters. The minimum absolute atomic E-state index is 0.175. The van der Waals surface area contributed by atoms with Crippen LogP contribution >= 0.6 is 11.6 Å². The zero-order valence-electron chi connectivity index (χ0n) is 14.8. The third-order valence-corrected chi connectivity index (χ3v) is 5.29. The van der Waals surface area contributed by atoms with Crippen LogP contribution in [0.5, 0.6) is 5.75 Å². The summed E-state index contributed by atoms with van der Waals surface area (Å²) in [4.78, 5) is 12.4. The summed E-state index contributed by atoms with van der Waals surface area (Å²) in [5.41, 5.74) is 1.51. The number of carbonyl (C=O) groups is 1. The molecule has 140 valence electrons. The predicted molar refractivity (Wildman–Crippen MR) is 103 cm³/mol. The molecule has 2 aromatic rings. The zero-order valence-corrected chi connectivity index (χ0v) is 16.4. The molecule has 2 aromatic carbocycles. The monoisotopic (exact) mass is 396 g/mol. The number of sulfonamides is 1. The van der Waals surface area contributed by atoms with Gasteiger partial charge in [-0.05, 0) is 31.2 Å². The lowest BCUT2D eigenvalue weighted by Crippen LogP contribution is -2.26. The zero-order chi connectivity index (χ0) is 19.3. The number of hydrogen-bond donors (Lipinski definition) is 1. The summed E-state index contributed by atoms with van der Waals surface area (Å²) in [5, 5.41) is 2.97. The van der Waals surface area contributed by atoms with Crippen LogP contribution in [0.1, 0.15) is 22.8 Å². The fourth-order valence-electron chi connectivity index (χ4n) is 2.29. The molecule has 0 saturated carbocycles. The van der Waals surface area contributed by atoms with E-state index in [1.807, 2.05) is 31.2 Å². The largest absolute Gasteiger partial charge is 0.494 e. The Morgan fingerprint density at radius 1 is 1.23 bits per heavy atom. The van der Waals surface area contributed by atoms with Gasteiger partial charge in [0.05, 0.1) is 29.1 Å². The van der Waals surface area contributed by atoms with Crippen LogP contribution in [0.3, 0.4) is 0 Å². The average molecular weight is 397 g/mol. The van der Waals surface area contributed by atoms with Crippen molar-refractivity contribution < 1.29 is 17.9 Å².